The molecule has 0 radical (unpaired) electrons. The van der Waals surface area contributed by atoms with E-state index >= 15 is 0 Å². The number of hydrogen-bond acceptors (Lipinski definition) is 2. The third-order valence-electron chi connectivity index (χ3n) is 2.53. The van der Waals surface area contributed by atoms with Gasteiger partial charge in [-0.25, -0.2) is 0 Å². The Kier molecular flexibility index (Phi) is 4.02. The van der Waals surface area contributed by atoms with Crippen molar-refractivity contribution in [2.75, 3.05) is 11.9 Å². The van der Waals surface area contributed by atoms with Crippen molar-refractivity contribution in [3.05, 3.63) is 57.8 Å². The Hall–Kier alpha value is -1.06. The van der Waals surface area contributed by atoms with Crippen LogP contribution in [0.15, 0.2) is 47.2 Å². The van der Waals surface area contributed by atoms with Gasteiger partial charge in [0, 0.05) is 31.0 Å². The average Bonchev–Trinajstić information content (AvgIpc) is 2.32. The molecular weight excluding hydrogens is 300 g/mol. The lowest BCUT2D eigenvalue weighted by Gasteiger charge is -2.21. The molecule has 0 aliphatic rings. The number of aromatic nitrogens is 1. The fraction of sp³-hybridized carbons (Fsp3) is 0.154. The van der Waals surface area contributed by atoms with Crippen LogP contribution in [-0.2, 0) is 6.54 Å². The molecule has 17 heavy (non-hydrogen) atoms. The molecule has 0 aliphatic heterocycles. The summed E-state index contributed by atoms with van der Waals surface area (Å²) >= 11 is 9.64. The van der Waals surface area contributed by atoms with E-state index < -0.39 is 0 Å². The molecule has 0 N–H and O–H groups in total. The predicted molar refractivity (Wildman–Crippen MR) is 75.5 cm³/mol. The number of halogens is 2. The van der Waals surface area contributed by atoms with Crippen LogP contribution in [0, 0.1) is 0 Å². The molecule has 4 heteroatoms. The molecule has 1 aromatic carbocycles. The molecule has 2 aromatic rings. The van der Waals surface area contributed by atoms with Crippen molar-refractivity contribution in [1.82, 2.24) is 4.98 Å². The predicted octanol–water partition coefficient (Wildman–Crippen LogP) is 4.13. The summed E-state index contributed by atoms with van der Waals surface area (Å²) in [5.41, 5.74) is 2.21. The summed E-state index contributed by atoms with van der Waals surface area (Å²) in [5.74, 6) is 0. The van der Waals surface area contributed by atoms with E-state index in [0.717, 1.165) is 27.3 Å². The molecule has 0 bridgehead atoms. The molecule has 88 valence electrons. The largest absolute Gasteiger partial charge is 0.369 e. The molecule has 0 fully saturated rings. The standard InChI is InChI=1S/C13H12BrClN2/c1-17(13-6-7-16-8-11(13)14)9-10-4-2-3-5-12(10)15/h2-8H,9H2,1H3. The van der Waals surface area contributed by atoms with E-state index in [2.05, 4.69) is 25.8 Å². The molecule has 0 unspecified atom stereocenters. The third kappa shape index (κ3) is 2.99. The van der Waals surface area contributed by atoms with E-state index in [9.17, 15) is 0 Å². The quantitative estimate of drug-likeness (QED) is 0.847. The van der Waals surface area contributed by atoms with Crippen LogP contribution in [0.1, 0.15) is 5.56 Å². The van der Waals surface area contributed by atoms with Gasteiger partial charge >= 0.3 is 0 Å². The lowest BCUT2D eigenvalue weighted by atomic mass is 10.2. The maximum atomic E-state index is 6.14. The van der Waals surface area contributed by atoms with Crippen LogP contribution in [0.5, 0.6) is 0 Å². The number of hydrogen-bond donors (Lipinski definition) is 0. The summed E-state index contributed by atoms with van der Waals surface area (Å²) < 4.78 is 0.981. The fourth-order valence-corrected chi connectivity index (χ4v) is 2.39. The van der Waals surface area contributed by atoms with Gasteiger partial charge in [-0.3, -0.25) is 4.98 Å². The summed E-state index contributed by atoms with van der Waals surface area (Å²) in [6.45, 7) is 0.766. The van der Waals surface area contributed by atoms with E-state index in [0.29, 0.717) is 0 Å². The van der Waals surface area contributed by atoms with Crippen LogP contribution in [0.25, 0.3) is 0 Å². The van der Waals surface area contributed by atoms with E-state index in [1.165, 1.54) is 0 Å². The zero-order valence-electron chi connectivity index (χ0n) is 9.40. The topological polar surface area (TPSA) is 16.1 Å². The van der Waals surface area contributed by atoms with Gasteiger partial charge in [0.1, 0.15) is 0 Å². The van der Waals surface area contributed by atoms with Crippen LogP contribution in [-0.4, -0.2) is 12.0 Å². The highest BCUT2D eigenvalue weighted by Gasteiger charge is 2.07. The number of benzene rings is 1. The summed E-state index contributed by atoms with van der Waals surface area (Å²) in [7, 11) is 2.03. The second-order valence-corrected chi connectivity index (χ2v) is 5.04. The zero-order chi connectivity index (χ0) is 12.3. The number of nitrogens with zero attached hydrogens (tertiary/aromatic N) is 2. The molecule has 0 spiro atoms. The summed E-state index contributed by atoms with van der Waals surface area (Å²) in [6, 6.07) is 9.85. The monoisotopic (exact) mass is 310 g/mol. The van der Waals surface area contributed by atoms with Crippen molar-refractivity contribution in [1.29, 1.82) is 0 Å². The van der Waals surface area contributed by atoms with E-state index in [1.807, 2.05) is 37.4 Å². The maximum absolute atomic E-state index is 6.14. The first-order valence-corrected chi connectivity index (χ1v) is 6.39. The highest BCUT2D eigenvalue weighted by atomic mass is 79.9. The normalized spacial score (nSPS) is 10.3. The highest BCUT2D eigenvalue weighted by Crippen LogP contribution is 2.26. The van der Waals surface area contributed by atoms with Gasteiger partial charge in [0.05, 0.1) is 10.2 Å². The van der Waals surface area contributed by atoms with Crippen LogP contribution in [0.3, 0.4) is 0 Å². The first-order valence-electron chi connectivity index (χ1n) is 5.22. The molecule has 0 saturated heterocycles. The van der Waals surface area contributed by atoms with Crippen LogP contribution in [0.2, 0.25) is 5.02 Å². The molecule has 0 saturated carbocycles. The molecule has 0 atom stereocenters. The molecule has 1 aromatic heterocycles. The number of anilines is 1. The van der Waals surface area contributed by atoms with Gasteiger partial charge in [0.25, 0.3) is 0 Å². The number of rotatable bonds is 3. The Morgan fingerprint density at radius 3 is 2.76 bits per heavy atom. The Labute approximate surface area is 114 Å². The Morgan fingerprint density at radius 1 is 1.29 bits per heavy atom. The van der Waals surface area contributed by atoms with Crippen LogP contribution in [0.4, 0.5) is 5.69 Å². The minimum absolute atomic E-state index is 0.766. The van der Waals surface area contributed by atoms with Crippen molar-refractivity contribution >= 4 is 33.2 Å². The SMILES string of the molecule is CN(Cc1ccccc1Cl)c1ccncc1Br. The maximum Gasteiger partial charge on any atom is 0.0592 e. The Bertz CT molecular complexity index is 516. The second kappa shape index (κ2) is 5.52. The third-order valence-corrected chi connectivity index (χ3v) is 3.51. The van der Waals surface area contributed by atoms with Crippen molar-refractivity contribution < 1.29 is 0 Å². The molecule has 2 nitrogen and oxygen atoms in total. The van der Waals surface area contributed by atoms with Crippen LogP contribution >= 0.6 is 27.5 Å². The van der Waals surface area contributed by atoms with Crippen molar-refractivity contribution in [2.24, 2.45) is 0 Å². The van der Waals surface area contributed by atoms with Gasteiger partial charge in [-0.05, 0) is 33.6 Å². The summed E-state index contributed by atoms with van der Waals surface area (Å²) in [5, 5.41) is 0.796. The first kappa shape index (κ1) is 12.4. The Balaban J connectivity index is 2.20. The van der Waals surface area contributed by atoms with Gasteiger partial charge < -0.3 is 4.90 Å². The van der Waals surface area contributed by atoms with Gasteiger partial charge in [-0.15, -0.1) is 0 Å². The zero-order valence-corrected chi connectivity index (χ0v) is 11.7. The smallest absolute Gasteiger partial charge is 0.0592 e. The molecule has 2 rings (SSSR count). The van der Waals surface area contributed by atoms with Crippen LogP contribution < -0.4 is 4.90 Å². The summed E-state index contributed by atoms with van der Waals surface area (Å²) in [4.78, 5) is 6.18. The molecule has 0 amide bonds. The van der Waals surface area contributed by atoms with E-state index in [-0.39, 0.29) is 0 Å². The van der Waals surface area contributed by atoms with Crippen molar-refractivity contribution in [3.63, 3.8) is 0 Å². The fourth-order valence-electron chi connectivity index (χ4n) is 1.64. The van der Waals surface area contributed by atoms with E-state index in [4.69, 9.17) is 11.6 Å². The molecular formula is C13H12BrClN2. The minimum atomic E-state index is 0.766. The summed E-state index contributed by atoms with van der Waals surface area (Å²) in [6.07, 6.45) is 3.57. The highest BCUT2D eigenvalue weighted by molar-refractivity contribution is 9.10. The van der Waals surface area contributed by atoms with Gasteiger partial charge in [0.15, 0.2) is 0 Å². The molecule has 0 aliphatic carbocycles. The number of pyridine rings is 1. The lowest BCUT2D eigenvalue weighted by Crippen LogP contribution is -2.17. The molecule has 1 heterocycles. The minimum Gasteiger partial charge on any atom is -0.369 e. The Morgan fingerprint density at radius 2 is 2.06 bits per heavy atom. The van der Waals surface area contributed by atoms with Gasteiger partial charge in [-0.1, -0.05) is 29.8 Å². The average molecular weight is 312 g/mol. The van der Waals surface area contributed by atoms with Crippen molar-refractivity contribution in [3.8, 4) is 0 Å². The van der Waals surface area contributed by atoms with Gasteiger partial charge in [0.2, 0.25) is 0 Å². The van der Waals surface area contributed by atoms with Crippen molar-refractivity contribution in [2.45, 2.75) is 6.54 Å². The van der Waals surface area contributed by atoms with E-state index in [1.54, 1.807) is 12.4 Å². The lowest BCUT2D eigenvalue weighted by molar-refractivity contribution is 0.917. The second-order valence-electron chi connectivity index (χ2n) is 3.77. The first-order chi connectivity index (χ1) is 8.18. The van der Waals surface area contributed by atoms with Gasteiger partial charge in [-0.2, -0.15) is 0 Å².